The zero-order valence-electron chi connectivity index (χ0n) is 15.4. The van der Waals surface area contributed by atoms with Crippen LogP contribution < -0.4 is 15.4 Å². The van der Waals surface area contributed by atoms with Gasteiger partial charge in [0.05, 0.1) is 21.6 Å². The lowest BCUT2D eigenvalue weighted by Crippen LogP contribution is -2.16. The Bertz CT molecular complexity index is 1140. The normalized spacial score (nSPS) is 10.4. The molecule has 0 saturated heterocycles. The molecule has 3 aromatic carbocycles. The van der Waals surface area contributed by atoms with E-state index in [4.69, 9.17) is 4.74 Å². The van der Waals surface area contributed by atoms with Crippen molar-refractivity contribution in [2.45, 2.75) is 0 Å². The summed E-state index contributed by atoms with van der Waals surface area (Å²) >= 11 is 6.12. The molecule has 30 heavy (non-hydrogen) atoms. The van der Waals surface area contributed by atoms with Crippen LogP contribution in [0.15, 0.2) is 63.5 Å². The molecule has 0 radical (unpaired) electrons. The maximum atomic E-state index is 13.4. The summed E-state index contributed by atoms with van der Waals surface area (Å²) in [5.41, 5.74) is 1.06. The molecule has 9 heteroatoms. The van der Waals surface area contributed by atoms with Crippen molar-refractivity contribution in [3.05, 3.63) is 86.3 Å². The molecule has 0 saturated carbocycles. The summed E-state index contributed by atoms with van der Waals surface area (Å²) in [7, 11) is 1.40. The van der Waals surface area contributed by atoms with Gasteiger partial charge in [-0.05, 0) is 86.5 Å². The molecule has 0 fully saturated rings. The number of benzene rings is 3. The SMILES string of the molecule is COc1ccc(C(=O)Nc2ccc(F)c(Br)c2)cc1C(=O)Nc1ccc(F)c(Br)c1. The van der Waals surface area contributed by atoms with Gasteiger partial charge >= 0.3 is 0 Å². The highest BCUT2D eigenvalue weighted by Crippen LogP contribution is 2.25. The Kier molecular flexibility index (Phi) is 6.84. The van der Waals surface area contributed by atoms with Gasteiger partial charge in [-0.25, -0.2) is 8.78 Å². The second-order valence-electron chi connectivity index (χ2n) is 6.08. The molecule has 0 heterocycles. The zero-order chi connectivity index (χ0) is 21.8. The van der Waals surface area contributed by atoms with Crippen LogP contribution in [0.25, 0.3) is 0 Å². The molecular weight excluding hydrogens is 526 g/mol. The van der Waals surface area contributed by atoms with Crippen LogP contribution in [-0.4, -0.2) is 18.9 Å². The van der Waals surface area contributed by atoms with Crippen molar-refractivity contribution in [1.29, 1.82) is 0 Å². The fourth-order valence-corrected chi connectivity index (χ4v) is 3.33. The van der Waals surface area contributed by atoms with Crippen molar-refractivity contribution in [3.8, 4) is 5.75 Å². The van der Waals surface area contributed by atoms with E-state index in [0.29, 0.717) is 11.4 Å². The number of halogens is 4. The summed E-state index contributed by atoms with van der Waals surface area (Å²) in [6, 6.07) is 12.5. The first-order valence-electron chi connectivity index (χ1n) is 8.49. The van der Waals surface area contributed by atoms with E-state index < -0.39 is 23.4 Å². The number of ether oxygens (including phenoxy) is 1. The van der Waals surface area contributed by atoms with Gasteiger partial charge in [0.2, 0.25) is 0 Å². The molecule has 2 amide bonds. The zero-order valence-corrected chi connectivity index (χ0v) is 18.6. The van der Waals surface area contributed by atoms with E-state index in [1.807, 2.05) is 0 Å². The number of anilines is 2. The van der Waals surface area contributed by atoms with Crippen molar-refractivity contribution in [2.75, 3.05) is 17.7 Å². The number of methoxy groups -OCH3 is 1. The van der Waals surface area contributed by atoms with Gasteiger partial charge in [-0.1, -0.05) is 0 Å². The third kappa shape index (κ3) is 5.03. The van der Waals surface area contributed by atoms with Gasteiger partial charge in [0, 0.05) is 16.9 Å². The van der Waals surface area contributed by atoms with E-state index in [1.54, 1.807) is 0 Å². The van der Waals surface area contributed by atoms with E-state index in [2.05, 4.69) is 42.5 Å². The molecule has 0 unspecified atom stereocenters. The largest absolute Gasteiger partial charge is 0.496 e. The maximum absolute atomic E-state index is 13.4. The first kappa shape index (κ1) is 21.9. The van der Waals surface area contributed by atoms with Crippen LogP contribution in [0.5, 0.6) is 5.75 Å². The predicted molar refractivity (Wildman–Crippen MR) is 117 cm³/mol. The topological polar surface area (TPSA) is 67.4 Å². The summed E-state index contributed by atoms with van der Waals surface area (Å²) in [4.78, 5) is 25.3. The summed E-state index contributed by atoms with van der Waals surface area (Å²) in [5, 5.41) is 5.27. The standard InChI is InChI=1S/C21H14Br2F2N2O3/c1-30-19-7-2-11(20(28)26-12-3-5-17(24)15(22)9-12)8-14(19)21(29)27-13-4-6-18(25)16(23)10-13/h2-10H,1H3,(H,26,28)(H,27,29). The molecule has 0 spiro atoms. The first-order valence-corrected chi connectivity index (χ1v) is 10.1. The number of amides is 2. The van der Waals surface area contributed by atoms with E-state index in [-0.39, 0.29) is 25.8 Å². The lowest BCUT2D eigenvalue weighted by Gasteiger charge is -2.12. The highest BCUT2D eigenvalue weighted by molar-refractivity contribution is 9.10. The van der Waals surface area contributed by atoms with Crippen molar-refractivity contribution in [3.63, 3.8) is 0 Å². The highest BCUT2D eigenvalue weighted by atomic mass is 79.9. The number of hydrogen-bond acceptors (Lipinski definition) is 3. The molecule has 3 rings (SSSR count). The molecule has 5 nitrogen and oxygen atoms in total. The van der Waals surface area contributed by atoms with Crippen LogP contribution in [0.1, 0.15) is 20.7 Å². The van der Waals surface area contributed by atoms with Gasteiger partial charge in [-0.15, -0.1) is 0 Å². The Morgan fingerprint density at radius 2 is 1.33 bits per heavy atom. The van der Waals surface area contributed by atoms with Gasteiger partial charge in [0.1, 0.15) is 17.4 Å². The smallest absolute Gasteiger partial charge is 0.259 e. The van der Waals surface area contributed by atoms with E-state index in [1.165, 1.54) is 61.7 Å². The number of carbonyl (C=O) groups excluding carboxylic acids is 2. The van der Waals surface area contributed by atoms with Crippen molar-refractivity contribution >= 4 is 55.0 Å². The fourth-order valence-electron chi connectivity index (χ4n) is 2.58. The summed E-state index contributed by atoms with van der Waals surface area (Å²) < 4.78 is 32.4. The number of rotatable bonds is 5. The van der Waals surface area contributed by atoms with Gasteiger partial charge in [-0.2, -0.15) is 0 Å². The van der Waals surface area contributed by atoms with Crippen LogP contribution >= 0.6 is 31.9 Å². The molecule has 0 aliphatic carbocycles. The number of hydrogen-bond donors (Lipinski definition) is 2. The molecule has 0 bridgehead atoms. The minimum atomic E-state index is -0.537. The Balaban J connectivity index is 1.84. The molecule has 0 atom stereocenters. The lowest BCUT2D eigenvalue weighted by atomic mass is 10.1. The third-order valence-electron chi connectivity index (χ3n) is 4.06. The number of nitrogens with one attached hydrogen (secondary N) is 2. The number of carbonyl (C=O) groups is 2. The van der Waals surface area contributed by atoms with Crippen LogP contribution in [0, 0.1) is 11.6 Å². The average Bonchev–Trinajstić information content (AvgIpc) is 2.73. The Morgan fingerprint density at radius 1 is 0.800 bits per heavy atom. The van der Waals surface area contributed by atoms with Crippen LogP contribution in [0.3, 0.4) is 0 Å². The van der Waals surface area contributed by atoms with Gasteiger partial charge in [-0.3, -0.25) is 9.59 Å². The Labute approximate surface area is 187 Å². The second kappa shape index (κ2) is 9.36. The van der Waals surface area contributed by atoms with Gasteiger partial charge in [0.15, 0.2) is 0 Å². The van der Waals surface area contributed by atoms with Crippen LogP contribution in [-0.2, 0) is 0 Å². The highest BCUT2D eigenvalue weighted by Gasteiger charge is 2.17. The minimum Gasteiger partial charge on any atom is -0.496 e. The Morgan fingerprint density at radius 3 is 1.83 bits per heavy atom. The molecule has 154 valence electrons. The lowest BCUT2D eigenvalue weighted by molar-refractivity contribution is 0.102. The third-order valence-corrected chi connectivity index (χ3v) is 5.28. The summed E-state index contributed by atoms with van der Waals surface area (Å²) in [5.74, 6) is -1.69. The molecule has 2 N–H and O–H groups in total. The van der Waals surface area contributed by atoms with Crippen molar-refractivity contribution in [2.24, 2.45) is 0 Å². The van der Waals surface area contributed by atoms with Crippen molar-refractivity contribution < 1.29 is 23.1 Å². The summed E-state index contributed by atoms with van der Waals surface area (Å²) in [6.45, 7) is 0. The van der Waals surface area contributed by atoms with Crippen LogP contribution in [0.2, 0.25) is 0 Å². The molecule has 3 aromatic rings. The van der Waals surface area contributed by atoms with Gasteiger partial charge in [0.25, 0.3) is 11.8 Å². The first-order chi connectivity index (χ1) is 14.3. The molecule has 0 aliphatic heterocycles. The van der Waals surface area contributed by atoms with Crippen molar-refractivity contribution in [1.82, 2.24) is 0 Å². The fraction of sp³-hybridized carbons (Fsp3) is 0.0476. The molecule has 0 aliphatic rings. The average molecular weight is 540 g/mol. The molecule has 0 aromatic heterocycles. The predicted octanol–water partition coefficient (Wildman–Crippen LogP) is 6.00. The minimum absolute atomic E-state index is 0.117. The monoisotopic (exact) mass is 538 g/mol. The maximum Gasteiger partial charge on any atom is 0.259 e. The second-order valence-corrected chi connectivity index (χ2v) is 7.79. The van der Waals surface area contributed by atoms with Crippen LogP contribution in [0.4, 0.5) is 20.2 Å². The van der Waals surface area contributed by atoms with E-state index >= 15 is 0 Å². The quantitative estimate of drug-likeness (QED) is 0.417. The Hall–Kier alpha value is -2.78. The van der Waals surface area contributed by atoms with E-state index in [0.717, 1.165) is 0 Å². The molecular formula is C21H14Br2F2N2O3. The van der Waals surface area contributed by atoms with E-state index in [9.17, 15) is 18.4 Å². The van der Waals surface area contributed by atoms with Gasteiger partial charge < -0.3 is 15.4 Å². The summed E-state index contributed by atoms with van der Waals surface area (Å²) in [6.07, 6.45) is 0.